The minimum absolute atomic E-state index is 0.623. The van der Waals surface area contributed by atoms with Gasteiger partial charge in [-0.3, -0.25) is 0 Å². The third-order valence-corrected chi connectivity index (χ3v) is 3.33. The molecular formula is C15H16OS. The number of rotatable bonds is 4. The summed E-state index contributed by atoms with van der Waals surface area (Å²) in [5, 5.41) is 0. The van der Waals surface area contributed by atoms with Crippen molar-refractivity contribution in [1.82, 2.24) is 0 Å². The van der Waals surface area contributed by atoms with Crippen molar-refractivity contribution in [2.45, 2.75) is 18.4 Å². The highest BCUT2D eigenvalue weighted by molar-refractivity contribution is 7.98. The molecule has 0 saturated heterocycles. The Kier molecular flexibility index (Phi) is 4.10. The van der Waals surface area contributed by atoms with Gasteiger partial charge in [0.15, 0.2) is 0 Å². The largest absolute Gasteiger partial charge is 0.489 e. The second kappa shape index (κ2) is 5.78. The Balaban J connectivity index is 1.95. The van der Waals surface area contributed by atoms with Crippen molar-refractivity contribution in [2.24, 2.45) is 0 Å². The lowest BCUT2D eigenvalue weighted by molar-refractivity contribution is 0.306. The summed E-state index contributed by atoms with van der Waals surface area (Å²) in [7, 11) is 0. The monoisotopic (exact) mass is 244 g/mol. The number of hydrogen-bond acceptors (Lipinski definition) is 2. The Labute approximate surface area is 107 Å². The van der Waals surface area contributed by atoms with Gasteiger partial charge in [-0.25, -0.2) is 0 Å². The number of aryl methyl sites for hydroxylation is 1. The summed E-state index contributed by atoms with van der Waals surface area (Å²) in [4.78, 5) is 1.28. The van der Waals surface area contributed by atoms with Crippen LogP contribution in [-0.4, -0.2) is 6.26 Å². The van der Waals surface area contributed by atoms with E-state index < -0.39 is 0 Å². The summed E-state index contributed by atoms with van der Waals surface area (Å²) in [6.45, 7) is 2.70. The van der Waals surface area contributed by atoms with Crippen LogP contribution in [-0.2, 0) is 6.61 Å². The first-order valence-corrected chi connectivity index (χ1v) is 6.83. The SMILES string of the molecule is CSc1ccc(COc2ccc(C)cc2)cc1. The third-order valence-electron chi connectivity index (χ3n) is 2.59. The van der Waals surface area contributed by atoms with E-state index in [0.717, 1.165) is 5.75 Å². The minimum atomic E-state index is 0.623. The van der Waals surface area contributed by atoms with E-state index in [9.17, 15) is 0 Å². The van der Waals surface area contributed by atoms with Crippen molar-refractivity contribution in [2.75, 3.05) is 6.26 Å². The van der Waals surface area contributed by atoms with Crippen LogP contribution < -0.4 is 4.74 Å². The normalized spacial score (nSPS) is 10.2. The topological polar surface area (TPSA) is 9.23 Å². The van der Waals surface area contributed by atoms with Crippen molar-refractivity contribution >= 4 is 11.8 Å². The Morgan fingerprint density at radius 3 is 2.18 bits per heavy atom. The lowest BCUT2D eigenvalue weighted by Gasteiger charge is -2.07. The van der Waals surface area contributed by atoms with Crippen LogP contribution >= 0.6 is 11.8 Å². The molecule has 2 aromatic carbocycles. The Morgan fingerprint density at radius 1 is 0.941 bits per heavy atom. The van der Waals surface area contributed by atoms with Gasteiger partial charge in [-0.1, -0.05) is 29.8 Å². The predicted octanol–water partition coefficient (Wildman–Crippen LogP) is 4.30. The van der Waals surface area contributed by atoms with E-state index in [2.05, 4.69) is 49.6 Å². The van der Waals surface area contributed by atoms with Crippen LogP contribution in [0.15, 0.2) is 53.4 Å². The van der Waals surface area contributed by atoms with Gasteiger partial charge >= 0.3 is 0 Å². The first kappa shape index (κ1) is 12.1. The molecule has 2 rings (SSSR count). The molecular weight excluding hydrogens is 228 g/mol. The fourth-order valence-corrected chi connectivity index (χ4v) is 1.93. The van der Waals surface area contributed by atoms with Crippen LogP contribution in [0.4, 0.5) is 0 Å². The van der Waals surface area contributed by atoms with E-state index in [1.165, 1.54) is 16.0 Å². The molecule has 0 atom stereocenters. The van der Waals surface area contributed by atoms with E-state index in [4.69, 9.17) is 4.74 Å². The van der Waals surface area contributed by atoms with E-state index in [0.29, 0.717) is 6.61 Å². The average molecular weight is 244 g/mol. The maximum atomic E-state index is 5.71. The van der Waals surface area contributed by atoms with Gasteiger partial charge in [0.1, 0.15) is 12.4 Å². The van der Waals surface area contributed by atoms with Gasteiger partial charge < -0.3 is 4.74 Å². The zero-order valence-corrected chi connectivity index (χ0v) is 11.0. The standard InChI is InChI=1S/C15H16OS/c1-12-3-7-14(8-4-12)16-11-13-5-9-15(17-2)10-6-13/h3-10H,11H2,1-2H3. The van der Waals surface area contributed by atoms with Crippen molar-refractivity contribution < 1.29 is 4.74 Å². The lowest BCUT2D eigenvalue weighted by Crippen LogP contribution is -1.94. The summed E-state index contributed by atoms with van der Waals surface area (Å²) in [6, 6.07) is 16.6. The molecule has 2 aromatic rings. The smallest absolute Gasteiger partial charge is 0.119 e. The van der Waals surface area contributed by atoms with E-state index in [1.54, 1.807) is 11.8 Å². The summed E-state index contributed by atoms with van der Waals surface area (Å²) >= 11 is 1.75. The van der Waals surface area contributed by atoms with Gasteiger partial charge in [0.25, 0.3) is 0 Å². The Hall–Kier alpha value is -1.41. The van der Waals surface area contributed by atoms with E-state index in [1.807, 2.05) is 12.1 Å². The molecule has 0 aliphatic rings. The molecule has 88 valence electrons. The zero-order chi connectivity index (χ0) is 12.1. The summed E-state index contributed by atoms with van der Waals surface area (Å²) < 4.78 is 5.71. The van der Waals surface area contributed by atoms with E-state index in [-0.39, 0.29) is 0 Å². The van der Waals surface area contributed by atoms with Crippen LogP contribution in [0.1, 0.15) is 11.1 Å². The average Bonchev–Trinajstić information content (AvgIpc) is 2.39. The maximum absolute atomic E-state index is 5.71. The molecule has 1 nitrogen and oxygen atoms in total. The Bertz CT molecular complexity index is 459. The highest BCUT2D eigenvalue weighted by Gasteiger charge is 1.96. The molecule has 0 aromatic heterocycles. The fourth-order valence-electron chi connectivity index (χ4n) is 1.52. The van der Waals surface area contributed by atoms with Crippen molar-refractivity contribution in [3.8, 4) is 5.75 Å². The number of thioether (sulfide) groups is 1. The van der Waals surface area contributed by atoms with Gasteiger partial charge in [-0.15, -0.1) is 11.8 Å². The summed E-state index contributed by atoms with van der Waals surface area (Å²) in [5.41, 5.74) is 2.45. The van der Waals surface area contributed by atoms with Gasteiger partial charge in [0, 0.05) is 4.90 Å². The first-order chi connectivity index (χ1) is 8.28. The van der Waals surface area contributed by atoms with Crippen LogP contribution in [0.25, 0.3) is 0 Å². The molecule has 0 bridgehead atoms. The summed E-state index contributed by atoms with van der Waals surface area (Å²) in [6.07, 6.45) is 2.08. The second-order valence-electron chi connectivity index (χ2n) is 3.95. The molecule has 0 saturated carbocycles. The lowest BCUT2D eigenvalue weighted by atomic mass is 10.2. The summed E-state index contributed by atoms with van der Waals surface area (Å²) in [5.74, 6) is 0.921. The minimum Gasteiger partial charge on any atom is -0.489 e. The molecule has 17 heavy (non-hydrogen) atoms. The molecule has 0 unspecified atom stereocenters. The van der Waals surface area contributed by atoms with Gasteiger partial charge in [0.2, 0.25) is 0 Å². The zero-order valence-electron chi connectivity index (χ0n) is 10.1. The number of ether oxygens (including phenoxy) is 1. The van der Waals surface area contributed by atoms with Crippen LogP contribution in [0.3, 0.4) is 0 Å². The van der Waals surface area contributed by atoms with Crippen molar-refractivity contribution in [3.05, 3.63) is 59.7 Å². The molecule has 2 heteroatoms. The second-order valence-corrected chi connectivity index (χ2v) is 4.83. The van der Waals surface area contributed by atoms with E-state index >= 15 is 0 Å². The molecule has 0 spiro atoms. The van der Waals surface area contributed by atoms with Crippen LogP contribution in [0, 0.1) is 6.92 Å². The third kappa shape index (κ3) is 3.53. The first-order valence-electron chi connectivity index (χ1n) is 5.60. The predicted molar refractivity (Wildman–Crippen MR) is 73.7 cm³/mol. The fraction of sp³-hybridized carbons (Fsp3) is 0.200. The van der Waals surface area contributed by atoms with Crippen LogP contribution in [0.2, 0.25) is 0 Å². The number of hydrogen-bond donors (Lipinski definition) is 0. The highest BCUT2D eigenvalue weighted by Crippen LogP contribution is 2.17. The molecule has 0 fully saturated rings. The van der Waals surface area contributed by atoms with Crippen LogP contribution in [0.5, 0.6) is 5.75 Å². The van der Waals surface area contributed by atoms with Crippen molar-refractivity contribution in [3.63, 3.8) is 0 Å². The van der Waals surface area contributed by atoms with Gasteiger partial charge in [-0.05, 0) is 43.0 Å². The molecule has 0 amide bonds. The van der Waals surface area contributed by atoms with Gasteiger partial charge in [0.05, 0.1) is 0 Å². The molecule has 0 aliphatic carbocycles. The molecule has 0 N–H and O–H groups in total. The molecule has 0 aliphatic heterocycles. The Morgan fingerprint density at radius 2 is 1.59 bits per heavy atom. The highest BCUT2D eigenvalue weighted by atomic mass is 32.2. The maximum Gasteiger partial charge on any atom is 0.119 e. The quantitative estimate of drug-likeness (QED) is 0.742. The molecule has 0 heterocycles. The molecule has 0 radical (unpaired) electrons. The number of benzene rings is 2. The van der Waals surface area contributed by atoms with Gasteiger partial charge in [-0.2, -0.15) is 0 Å². The van der Waals surface area contributed by atoms with Crippen molar-refractivity contribution in [1.29, 1.82) is 0 Å².